The molecule has 16 heavy (non-hydrogen) atoms. The van der Waals surface area contributed by atoms with Gasteiger partial charge in [-0.15, -0.1) is 0 Å². The van der Waals surface area contributed by atoms with Gasteiger partial charge >= 0.3 is 0 Å². The number of hydrogen-bond donors (Lipinski definition) is 1. The molecule has 0 fully saturated rings. The highest BCUT2D eigenvalue weighted by atomic mass is 16.5. The van der Waals surface area contributed by atoms with Crippen LogP contribution in [0.4, 0.5) is 0 Å². The Labute approximate surface area is 94.9 Å². The Morgan fingerprint density at radius 2 is 1.94 bits per heavy atom. The number of hydrogen-bond acceptors (Lipinski definition) is 3. The molecule has 1 aromatic heterocycles. The van der Waals surface area contributed by atoms with Crippen LogP contribution in [0.15, 0.2) is 42.6 Å². The van der Waals surface area contributed by atoms with Crippen LogP contribution >= 0.6 is 0 Å². The van der Waals surface area contributed by atoms with Crippen molar-refractivity contribution >= 4 is 0 Å². The van der Waals surface area contributed by atoms with E-state index in [-0.39, 0.29) is 0 Å². The van der Waals surface area contributed by atoms with E-state index in [1.54, 1.807) is 6.20 Å². The summed E-state index contributed by atoms with van der Waals surface area (Å²) in [5, 5.41) is 0. The van der Waals surface area contributed by atoms with Gasteiger partial charge in [-0.05, 0) is 25.1 Å². The predicted octanol–water partition coefficient (Wildman–Crippen LogP) is 2.64. The topological polar surface area (TPSA) is 48.1 Å². The molecule has 0 atom stereocenters. The van der Waals surface area contributed by atoms with E-state index in [0.717, 1.165) is 11.3 Å². The van der Waals surface area contributed by atoms with Gasteiger partial charge in [0.15, 0.2) is 0 Å². The molecular formula is C13H14N2O. The largest absolute Gasteiger partial charge is 0.439 e. The number of rotatable bonds is 3. The Morgan fingerprint density at radius 1 is 1.19 bits per heavy atom. The van der Waals surface area contributed by atoms with Crippen LogP contribution < -0.4 is 10.5 Å². The van der Waals surface area contributed by atoms with Gasteiger partial charge < -0.3 is 10.5 Å². The van der Waals surface area contributed by atoms with Crippen LogP contribution in [-0.2, 0) is 6.54 Å². The predicted molar refractivity (Wildman–Crippen MR) is 63.4 cm³/mol. The molecule has 0 aliphatic rings. The molecule has 2 rings (SSSR count). The lowest BCUT2D eigenvalue weighted by molar-refractivity contribution is 0.456. The first kappa shape index (κ1) is 10.6. The highest BCUT2D eigenvalue weighted by Gasteiger charge is 2.03. The molecule has 0 unspecified atom stereocenters. The fourth-order valence-electron chi connectivity index (χ4n) is 1.39. The van der Waals surface area contributed by atoms with Gasteiger partial charge in [-0.3, -0.25) is 0 Å². The molecule has 2 N–H and O–H groups in total. The second kappa shape index (κ2) is 4.77. The van der Waals surface area contributed by atoms with Crippen LogP contribution in [0.5, 0.6) is 11.6 Å². The first-order valence-electron chi connectivity index (χ1n) is 5.18. The van der Waals surface area contributed by atoms with Crippen LogP contribution in [0, 0.1) is 6.92 Å². The summed E-state index contributed by atoms with van der Waals surface area (Å²) in [6.45, 7) is 2.46. The van der Waals surface area contributed by atoms with Gasteiger partial charge in [0, 0.05) is 18.3 Å². The number of aromatic nitrogens is 1. The molecule has 2 aromatic rings. The van der Waals surface area contributed by atoms with Crippen LogP contribution in [0.3, 0.4) is 0 Å². The molecule has 0 amide bonds. The summed E-state index contributed by atoms with van der Waals surface area (Å²) in [7, 11) is 0. The number of nitrogens with two attached hydrogens (primary N) is 1. The molecular weight excluding hydrogens is 200 g/mol. The van der Waals surface area contributed by atoms with E-state index in [0.29, 0.717) is 12.4 Å². The average Bonchev–Trinajstić information content (AvgIpc) is 2.33. The minimum atomic E-state index is 0.426. The fraction of sp³-hybridized carbons (Fsp3) is 0.154. The van der Waals surface area contributed by atoms with Crippen molar-refractivity contribution in [1.82, 2.24) is 4.98 Å². The molecule has 0 saturated carbocycles. The lowest BCUT2D eigenvalue weighted by Crippen LogP contribution is -2.00. The second-order valence-electron chi connectivity index (χ2n) is 3.59. The highest BCUT2D eigenvalue weighted by molar-refractivity contribution is 5.33. The molecule has 0 spiro atoms. The van der Waals surface area contributed by atoms with Crippen molar-refractivity contribution in [3.63, 3.8) is 0 Å². The molecule has 82 valence electrons. The molecule has 0 aliphatic heterocycles. The van der Waals surface area contributed by atoms with Crippen LogP contribution in [0.25, 0.3) is 0 Å². The van der Waals surface area contributed by atoms with Gasteiger partial charge in [0.25, 0.3) is 0 Å². The first-order chi connectivity index (χ1) is 7.79. The fourth-order valence-corrected chi connectivity index (χ4v) is 1.39. The van der Waals surface area contributed by atoms with Crippen molar-refractivity contribution < 1.29 is 4.74 Å². The van der Waals surface area contributed by atoms with Crippen LogP contribution in [0.2, 0.25) is 0 Å². The van der Waals surface area contributed by atoms with Crippen molar-refractivity contribution in [2.24, 2.45) is 5.73 Å². The quantitative estimate of drug-likeness (QED) is 0.854. The maximum Gasteiger partial charge on any atom is 0.223 e. The molecule has 0 aliphatic carbocycles. The maximum atomic E-state index is 5.66. The van der Waals surface area contributed by atoms with Gasteiger partial charge in [-0.1, -0.05) is 23.8 Å². The standard InChI is InChI=1S/C13H14N2O/c1-10-4-6-12(7-5-10)16-13-11(9-14)3-2-8-15-13/h2-8H,9,14H2,1H3. The number of ether oxygens (including phenoxy) is 1. The number of aryl methyl sites for hydroxylation is 1. The van der Waals surface area contributed by atoms with Crippen LogP contribution in [-0.4, -0.2) is 4.98 Å². The normalized spacial score (nSPS) is 10.1. The summed E-state index contributed by atoms with van der Waals surface area (Å²) in [6, 6.07) is 11.6. The molecule has 1 aromatic carbocycles. The minimum Gasteiger partial charge on any atom is -0.439 e. The molecule has 3 nitrogen and oxygen atoms in total. The zero-order valence-corrected chi connectivity index (χ0v) is 9.18. The van der Waals surface area contributed by atoms with Gasteiger partial charge in [0.2, 0.25) is 5.88 Å². The Bertz CT molecular complexity index is 466. The molecule has 0 saturated heterocycles. The van der Waals surface area contributed by atoms with E-state index in [2.05, 4.69) is 4.98 Å². The average molecular weight is 214 g/mol. The first-order valence-corrected chi connectivity index (χ1v) is 5.18. The lowest BCUT2D eigenvalue weighted by Gasteiger charge is -2.08. The SMILES string of the molecule is Cc1ccc(Oc2ncccc2CN)cc1. The second-order valence-corrected chi connectivity index (χ2v) is 3.59. The van der Waals surface area contributed by atoms with Crippen LogP contribution in [0.1, 0.15) is 11.1 Å². The van der Waals surface area contributed by atoms with Gasteiger partial charge in [-0.2, -0.15) is 0 Å². The third-order valence-corrected chi connectivity index (χ3v) is 2.31. The third kappa shape index (κ3) is 2.38. The molecule has 3 heteroatoms. The van der Waals surface area contributed by atoms with E-state index in [1.807, 2.05) is 43.3 Å². The summed E-state index contributed by atoms with van der Waals surface area (Å²) in [5.41, 5.74) is 7.72. The van der Waals surface area contributed by atoms with E-state index < -0.39 is 0 Å². The van der Waals surface area contributed by atoms with E-state index >= 15 is 0 Å². The van der Waals surface area contributed by atoms with Gasteiger partial charge in [-0.25, -0.2) is 4.98 Å². The summed E-state index contributed by atoms with van der Waals surface area (Å²) in [6.07, 6.45) is 1.70. The summed E-state index contributed by atoms with van der Waals surface area (Å²) < 4.78 is 5.66. The molecule has 1 heterocycles. The van der Waals surface area contributed by atoms with Crippen molar-refractivity contribution in [3.05, 3.63) is 53.7 Å². The summed E-state index contributed by atoms with van der Waals surface area (Å²) in [4.78, 5) is 4.17. The minimum absolute atomic E-state index is 0.426. The molecule has 0 radical (unpaired) electrons. The third-order valence-electron chi connectivity index (χ3n) is 2.31. The highest BCUT2D eigenvalue weighted by Crippen LogP contribution is 2.22. The van der Waals surface area contributed by atoms with Crippen molar-refractivity contribution in [3.8, 4) is 11.6 Å². The monoisotopic (exact) mass is 214 g/mol. The van der Waals surface area contributed by atoms with Gasteiger partial charge in [0.1, 0.15) is 5.75 Å². The Balaban J connectivity index is 2.23. The van der Waals surface area contributed by atoms with Gasteiger partial charge in [0.05, 0.1) is 0 Å². The van der Waals surface area contributed by atoms with Crippen molar-refractivity contribution in [1.29, 1.82) is 0 Å². The number of pyridine rings is 1. The van der Waals surface area contributed by atoms with Crippen molar-refractivity contribution in [2.45, 2.75) is 13.5 Å². The Morgan fingerprint density at radius 3 is 2.62 bits per heavy atom. The Hall–Kier alpha value is -1.87. The van der Waals surface area contributed by atoms with E-state index in [4.69, 9.17) is 10.5 Å². The smallest absolute Gasteiger partial charge is 0.223 e. The lowest BCUT2D eigenvalue weighted by atomic mass is 10.2. The van der Waals surface area contributed by atoms with Crippen molar-refractivity contribution in [2.75, 3.05) is 0 Å². The van der Waals surface area contributed by atoms with E-state index in [9.17, 15) is 0 Å². The zero-order valence-electron chi connectivity index (χ0n) is 9.18. The Kier molecular flexibility index (Phi) is 3.17. The number of nitrogens with zero attached hydrogens (tertiary/aromatic N) is 1. The summed E-state index contributed by atoms with van der Waals surface area (Å²) >= 11 is 0. The summed E-state index contributed by atoms with van der Waals surface area (Å²) in [5.74, 6) is 1.35. The van der Waals surface area contributed by atoms with E-state index in [1.165, 1.54) is 5.56 Å². The maximum absolute atomic E-state index is 5.66. The molecule has 0 bridgehead atoms. The number of benzene rings is 1. The zero-order chi connectivity index (χ0) is 11.4.